The lowest BCUT2D eigenvalue weighted by atomic mass is 10.4. The zero-order valence-electron chi connectivity index (χ0n) is 15.1. The van der Waals surface area contributed by atoms with Crippen LogP contribution in [0.3, 0.4) is 0 Å². The zero-order chi connectivity index (χ0) is 17.9. The molecule has 6 heteroatoms. The van der Waals surface area contributed by atoms with Crippen LogP contribution >= 0.6 is 0 Å². The maximum absolute atomic E-state index is 4.06. The summed E-state index contributed by atoms with van der Waals surface area (Å²) in [6.07, 6.45) is 5.28. The molecule has 0 spiro atoms. The summed E-state index contributed by atoms with van der Waals surface area (Å²) in [4.78, 5) is 24.0. The van der Waals surface area contributed by atoms with Crippen molar-refractivity contribution in [2.45, 2.75) is 41.5 Å². The Hall–Kier alpha value is -2.76. The molecule has 0 bridgehead atoms. The SMILES string of the molecule is Cc1ccnc(C)n1.Cc1ccnc(C)n1.Cc1ccnc(C)n1. The normalized spacial score (nSPS) is 9.25. The van der Waals surface area contributed by atoms with Gasteiger partial charge in [-0.3, -0.25) is 0 Å². The Morgan fingerprint density at radius 1 is 0.458 bits per heavy atom. The van der Waals surface area contributed by atoms with Crippen molar-refractivity contribution >= 4 is 0 Å². The summed E-state index contributed by atoms with van der Waals surface area (Å²) in [7, 11) is 0. The van der Waals surface area contributed by atoms with Crippen LogP contribution in [0.2, 0.25) is 0 Å². The van der Waals surface area contributed by atoms with Gasteiger partial charge in [-0.25, -0.2) is 29.9 Å². The van der Waals surface area contributed by atoms with Crippen LogP contribution < -0.4 is 0 Å². The van der Waals surface area contributed by atoms with E-state index in [-0.39, 0.29) is 0 Å². The van der Waals surface area contributed by atoms with Gasteiger partial charge in [-0.05, 0) is 59.7 Å². The second-order valence-electron chi connectivity index (χ2n) is 5.24. The van der Waals surface area contributed by atoms with Crippen LogP contribution in [0.25, 0.3) is 0 Å². The van der Waals surface area contributed by atoms with Gasteiger partial charge in [0.05, 0.1) is 0 Å². The highest BCUT2D eigenvalue weighted by molar-refractivity contribution is 4.99. The lowest BCUT2D eigenvalue weighted by molar-refractivity contribution is 1.01. The van der Waals surface area contributed by atoms with Crippen molar-refractivity contribution in [2.24, 2.45) is 0 Å². The minimum atomic E-state index is 0.838. The molecule has 3 aromatic rings. The third-order valence-electron chi connectivity index (χ3n) is 2.75. The Bertz CT molecular complexity index is 603. The van der Waals surface area contributed by atoms with Crippen molar-refractivity contribution in [1.29, 1.82) is 0 Å². The molecular weight excluding hydrogens is 300 g/mol. The molecular formula is C18H24N6. The monoisotopic (exact) mass is 324 g/mol. The Morgan fingerprint density at radius 2 is 0.708 bits per heavy atom. The average molecular weight is 324 g/mol. The number of hydrogen-bond donors (Lipinski definition) is 0. The van der Waals surface area contributed by atoms with E-state index in [1.165, 1.54) is 0 Å². The summed E-state index contributed by atoms with van der Waals surface area (Å²) < 4.78 is 0. The number of hydrogen-bond acceptors (Lipinski definition) is 6. The number of nitrogens with zero attached hydrogens (tertiary/aromatic N) is 6. The third kappa shape index (κ3) is 8.63. The molecule has 0 aliphatic rings. The summed E-state index contributed by atoms with van der Waals surface area (Å²) in [6.45, 7) is 11.5. The molecule has 126 valence electrons. The smallest absolute Gasteiger partial charge is 0.125 e. The van der Waals surface area contributed by atoms with Gasteiger partial charge in [0.15, 0.2) is 0 Å². The van der Waals surface area contributed by atoms with Crippen molar-refractivity contribution in [2.75, 3.05) is 0 Å². The highest BCUT2D eigenvalue weighted by atomic mass is 14.9. The first-order chi connectivity index (χ1) is 11.4. The van der Waals surface area contributed by atoms with Gasteiger partial charge in [-0.15, -0.1) is 0 Å². The summed E-state index contributed by atoms with van der Waals surface area (Å²) in [6, 6.07) is 5.65. The van der Waals surface area contributed by atoms with E-state index in [0.29, 0.717) is 0 Å². The van der Waals surface area contributed by atoms with Crippen LogP contribution in [0.1, 0.15) is 34.6 Å². The second kappa shape index (κ2) is 10.1. The van der Waals surface area contributed by atoms with Crippen molar-refractivity contribution in [1.82, 2.24) is 29.9 Å². The van der Waals surface area contributed by atoms with E-state index in [1.54, 1.807) is 18.6 Å². The van der Waals surface area contributed by atoms with Crippen LogP contribution in [0.5, 0.6) is 0 Å². The van der Waals surface area contributed by atoms with Gasteiger partial charge in [0, 0.05) is 35.7 Å². The summed E-state index contributed by atoms with van der Waals surface area (Å²) in [5.41, 5.74) is 3.08. The fraction of sp³-hybridized carbons (Fsp3) is 0.333. The van der Waals surface area contributed by atoms with E-state index in [2.05, 4.69) is 29.9 Å². The highest BCUT2D eigenvalue weighted by Crippen LogP contribution is 1.90. The number of aromatic nitrogens is 6. The average Bonchev–Trinajstić information content (AvgIpc) is 2.47. The van der Waals surface area contributed by atoms with Gasteiger partial charge in [0.25, 0.3) is 0 Å². The Morgan fingerprint density at radius 3 is 0.833 bits per heavy atom. The quantitative estimate of drug-likeness (QED) is 0.631. The zero-order valence-corrected chi connectivity index (χ0v) is 15.1. The van der Waals surface area contributed by atoms with Gasteiger partial charge in [0.1, 0.15) is 17.5 Å². The van der Waals surface area contributed by atoms with Crippen molar-refractivity contribution in [3.8, 4) is 0 Å². The second-order valence-corrected chi connectivity index (χ2v) is 5.24. The predicted octanol–water partition coefficient (Wildman–Crippen LogP) is 3.28. The van der Waals surface area contributed by atoms with E-state index < -0.39 is 0 Å². The summed E-state index contributed by atoms with van der Waals surface area (Å²) >= 11 is 0. The molecule has 0 radical (unpaired) electrons. The predicted molar refractivity (Wildman–Crippen MR) is 94.5 cm³/mol. The van der Waals surface area contributed by atoms with Crippen LogP contribution in [0.15, 0.2) is 36.8 Å². The molecule has 0 fully saturated rings. The maximum atomic E-state index is 4.06. The van der Waals surface area contributed by atoms with E-state index in [0.717, 1.165) is 34.6 Å². The molecule has 3 heterocycles. The van der Waals surface area contributed by atoms with Crippen LogP contribution in [-0.2, 0) is 0 Å². The van der Waals surface area contributed by atoms with E-state index in [1.807, 2.05) is 59.7 Å². The molecule has 0 atom stereocenters. The molecule has 24 heavy (non-hydrogen) atoms. The summed E-state index contributed by atoms with van der Waals surface area (Å²) in [5.74, 6) is 2.51. The topological polar surface area (TPSA) is 77.3 Å². The van der Waals surface area contributed by atoms with Crippen LogP contribution in [0, 0.1) is 41.5 Å². The first kappa shape index (κ1) is 19.3. The van der Waals surface area contributed by atoms with Gasteiger partial charge in [0.2, 0.25) is 0 Å². The van der Waals surface area contributed by atoms with E-state index in [9.17, 15) is 0 Å². The van der Waals surface area contributed by atoms with Crippen molar-refractivity contribution < 1.29 is 0 Å². The fourth-order valence-corrected chi connectivity index (χ4v) is 1.72. The largest absolute Gasteiger partial charge is 0.242 e. The fourth-order valence-electron chi connectivity index (χ4n) is 1.72. The van der Waals surface area contributed by atoms with Crippen molar-refractivity contribution in [3.05, 3.63) is 71.3 Å². The lowest BCUT2D eigenvalue weighted by Crippen LogP contribution is -1.86. The third-order valence-corrected chi connectivity index (χ3v) is 2.75. The van der Waals surface area contributed by atoms with Crippen molar-refractivity contribution in [3.63, 3.8) is 0 Å². The van der Waals surface area contributed by atoms with Gasteiger partial charge in [-0.1, -0.05) is 0 Å². The highest BCUT2D eigenvalue weighted by Gasteiger charge is 1.84. The van der Waals surface area contributed by atoms with Crippen LogP contribution in [0.4, 0.5) is 0 Å². The molecule has 0 N–H and O–H groups in total. The standard InChI is InChI=1S/3C6H8N2/c3*1-5-3-4-7-6(2)8-5/h3*3-4H,1-2H3. The minimum absolute atomic E-state index is 0.838. The molecule has 0 aliphatic carbocycles. The molecule has 0 amide bonds. The Labute approximate surface area is 143 Å². The Balaban J connectivity index is 0.000000180. The molecule has 0 aromatic carbocycles. The van der Waals surface area contributed by atoms with E-state index in [4.69, 9.17) is 0 Å². The van der Waals surface area contributed by atoms with Crippen LogP contribution in [-0.4, -0.2) is 29.9 Å². The first-order valence-corrected chi connectivity index (χ1v) is 7.65. The van der Waals surface area contributed by atoms with Gasteiger partial charge < -0.3 is 0 Å². The molecule has 3 aromatic heterocycles. The van der Waals surface area contributed by atoms with E-state index >= 15 is 0 Å². The first-order valence-electron chi connectivity index (χ1n) is 7.65. The molecule has 6 nitrogen and oxygen atoms in total. The molecule has 0 saturated carbocycles. The molecule has 0 unspecified atom stereocenters. The number of rotatable bonds is 0. The minimum Gasteiger partial charge on any atom is -0.242 e. The molecule has 3 rings (SSSR count). The Kier molecular flexibility index (Phi) is 8.11. The summed E-state index contributed by atoms with van der Waals surface area (Å²) in [5, 5.41) is 0. The number of aryl methyl sites for hydroxylation is 6. The van der Waals surface area contributed by atoms with Gasteiger partial charge >= 0.3 is 0 Å². The van der Waals surface area contributed by atoms with Gasteiger partial charge in [-0.2, -0.15) is 0 Å². The maximum Gasteiger partial charge on any atom is 0.125 e. The lowest BCUT2D eigenvalue weighted by Gasteiger charge is -1.89. The molecule has 0 saturated heterocycles. The molecule has 0 aliphatic heterocycles.